The van der Waals surface area contributed by atoms with Crippen LogP contribution in [0.1, 0.15) is 23.2 Å². The molecule has 0 amide bonds. The molecule has 1 aromatic heterocycles. The van der Waals surface area contributed by atoms with Crippen molar-refractivity contribution in [3.05, 3.63) is 36.0 Å². The minimum Gasteiger partial charge on any atom is -0.478 e. The molecular weight excluding hydrogens is 306 g/mol. The first kappa shape index (κ1) is 14.7. The van der Waals surface area contributed by atoms with Gasteiger partial charge < -0.3 is 5.11 Å². The lowest BCUT2D eigenvalue weighted by atomic mass is 10.1. The standard InChI is InChI=1S/C14H15N3O4S/c18-14(19)11-7-10(13-3-4-15-16-13)8-12(9-11)22(20,21)17-5-1-2-6-17/h3-4,7-9H,1-2,5-6H2,(H,15,16)(H,18,19). The van der Waals surface area contributed by atoms with E-state index in [-0.39, 0.29) is 10.5 Å². The minimum atomic E-state index is -3.67. The number of aromatic carboxylic acids is 1. The highest BCUT2D eigenvalue weighted by atomic mass is 32.2. The molecule has 0 saturated carbocycles. The van der Waals surface area contributed by atoms with Crippen molar-refractivity contribution in [1.29, 1.82) is 0 Å². The van der Waals surface area contributed by atoms with Crippen molar-refractivity contribution in [2.45, 2.75) is 17.7 Å². The molecule has 3 rings (SSSR count). The van der Waals surface area contributed by atoms with E-state index >= 15 is 0 Å². The fourth-order valence-electron chi connectivity index (χ4n) is 2.52. The summed E-state index contributed by atoms with van der Waals surface area (Å²) in [4.78, 5) is 11.3. The Morgan fingerprint density at radius 1 is 1.23 bits per heavy atom. The van der Waals surface area contributed by atoms with E-state index in [0.717, 1.165) is 12.8 Å². The van der Waals surface area contributed by atoms with Gasteiger partial charge >= 0.3 is 5.97 Å². The Bertz CT molecular complexity index is 794. The molecule has 1 aromatic carbocycles. The van der Waals surface area contributed by atoms with Gasteiger partial charge in [-0.05, 0) is 37.1 Å². The van der Waals surface area contributed by atoms with E-state index < -0.39 is 16.0 Å². The number of aromatic amines is 1. The Hall–Kier alpha value is -2.19. The van der Waals surface area contributed by atoms with E-state index in [1.807, 2.05) is 0 Å². The molecule has 22 heavy (non-hydrogen) atoms. The maximum Gasteiger partial charge on any atom is 0.335 e. The molecule has 0 radical (unpaired) electrons. The highest BCUT2D eigenvalue weighted by Gasteiger charge is 2.28. The molecular formula is C14H15N3O4S. The molecule has 0 unspecified atom stereocenters. The van der Waals surface area contributed by atoms with Gasteiger partial charge in [0.2, 0.25) is 10.0 Å². The lowest BCUT2D eigenvalue weighted by Gasteiger charge is -2.16. The average Bonchev–Trinajstić information content (AvgIpc) is 3.20. The number of nitrogens with zero attached hydrogens (tertiary/aromatic N) is 2. The van der Waals surface area contributed by atoms with Crippen LogP contribution in [0.4, 0.5) is 0 Å². The predicted molar refractivity (Wildman–Crippen MR) is 79.0 cm³/mol. The molecule has 1 fully saturated rings. The molecule has 0 spiro atoms. The number of carbonyl (C=O) groups is 1. The second-order valence-electron chi connectivity index (χ2n) is 5.13. The van der Waals surface area contributed by atoms with E-state index in [1.54, 1.807) is 6.07 Å². The maximum atomic E-state index is 12.6. The van der Waals surface area contributed by atoms with Crippen LogP contribution in [0.3, 0.4) is 0 Å². The van der Waals surface area contributed by atoms with Crippen LogP contribution >= 0.6 is 0 Å². The number of benzene rings is 1. The molecule has 116 valence electrons. The summed E-state index contributed by atoms with van der Waals surface area (Å²) in [6.45, 7) is 0.943. The van der Waals surface area contributed by atoms with Gasteiger partial charge in [0.1, 0.15) is 0 Å². The topological polar surface area (TPSA) is 103 Å². The van der Waals surface area contributed by atoms with Crippen molar-refractivity contribution >= 4 is 16.0 Å². The number of rotatable bonds is 4. The first-order chi connectivity index (χ1) is 10.5. The second kappa shape index (κ2) is 5.54. The summed E-state index contributed by atoms with van der Waals surface area (Å²) in [5, 5.41) is 15.8. The van der Waals surface area contributed by atoms with Crippen molar-refractivity contribution in [2.75, 3.05) is 13.1 Å². The van der Waals surface area contributed by atoms with Gasteiger partial charge in [-0.3, -0.25) is 5.10 Å². The molecule has 0 aliphatic carbocycles. The molecule has 1 aliphatic rings. The van der Waals surface area contributed by atoms with E-state index in [0.29, 0.717) is 24.3 Å². The summed E-state index contributed by atoms with van der Waals surface area (Å²) >= 11 is 0. The van der Waals surface area contributed by atoms with Crippen molar-refractivity contribution in [2.24, 2.45) is 0 Å². The summed E-state index contributed by atoms with van der Waals surface area (Å²) in [6, 6.07) is 5.77. The fraction of sp³-hybridized carbons (Fsp3) is 0.286. The normalized spacial score (nSPS) is 16.0. The molecule has 7 nitrogen and oxygen atoms in total. The van der Waals surface area contributed by atoms with Crippen LogP contribution in [0.5, 0.6) is 0 Å². The van der Waals surface area contributed by atoms with Crippen molar-refractivity contribution in [3.8, 4) is 11.3 Å². The van der Waals surface area contributed by atoms with Crippen LogP contribution in [-0.4, -0.2) is 47.1 Å². The smallest absolute Gasteiger partial charge is 0.335 e. The molecule has 1 aliphatic heterocycles. The highest BCUT2D eigenvalue weighted by molar-refractivity contribution is 7.89. The summed E-state index contributed by atoms with van der Waals surface area (Å²) in [5.74, 6) is -1.17. The Kier molecular flexibility index (Phi) is 3.71. The molecule has 2 heterocycles. The third-order valence-corrected chi connectivity index (χ3v) is 5.54. The monoisotopic (exact) mass is 321 g/mol. The molecule has 0 atom stereocenters. The Morgan fingerprint density at radius 3 is 2.55 bits per heavy atom. The van der Waals surface area contributed by atoms with Crippen LogP contribution in [0.15, 0.2) is 35.4 Å². The SMILES string of the molecule is O=C(O)c1cc(-c2ccn[nH]2)cc(S(=O)(=O)N2CCCC2)c1. The van der Waals surface area contributed by atoms with E-state index in [1.165, 1.54) is 28.7 Å². The highest BCUT2D eigenvalue weighted by Crippen LogP contribution is 2.27. The number of H-pyrrole nitrogens is 1. The van der Waals surface area contributed by atoms with Crippen LogP contribution in [-0.2, 0) is 10.0 Å². The Balaban J connectivity index is 2.13. The van der Waals surface area contributed by atoms with E-state index in [4.69, 9.17) is 0 Å². The Labute approximate surface area is 127 Å². The van der Waals surface area contributed by atoms with E-state index in [9.17, 15) is 18.3 Å². The lowest BCUT2D eigenvalue weighted by molar-refractivity contribution is 0.0696. The number of carboxylic acids is 1. The van der Waals surface area contributed by atoms with Gasteiger partial charge in [-0.2, -0.15) is 9.40 Å². The summed E-state index contributed by atoms with van der Waals surface area (Å²) in [6.07, 6.45) is 3.17. The molecule has 2 aromatic rings. The van der Waals surface area contributed by atoms with Gasteiger partial charge in [0.15, 0.2) is 0 Å². The molecule has 0 bridgehead atoms. The molecule has 2 N–H and O–H groups in total. The molecule has 1 saturated heterocycles. The second-order valence-corrected chi connectivity index (χ2v) is 7.07. The summed E-state index contributed by atoms with van der Waals surface area (Å²) < 4.78 is 26.7. The number of carboxylic acid groups (broad SMARTS) is 1. The van der Waals surface area contributed by atoms with Gasteiger partial charge in [0.25, 0.3) is 0 Å². The zero-order valence-corrected chi connectivity index (χ0v) is 12.5. The first-order valence-corrected chi connectivity index (χ1v) is 8.31. The van der Waals surface area contributed by atoms with Crippen molar-refractivity contribution in [3.63, 3.8) is 0 Å². The largest absolute Gasteiger partial charge is 0.478 e. The van der Waals surface area contributed by atoms with Gasteiger partial charge in [0.05, 0.1) is 16.2 Å². The van der Waals surface area contributed by atoms with Gasteiger partial charge in [0, 0.05) is 24.8 Å². The zero-order chi connectivity index (χ0) is 15.7. The Morgan fingerprint density at radius 2 is 1.95 bits per heavy atom. The van der Waals surface area contributed by atoms with E-state index in [2.05, 4.69) is 10.2 Å². The third-order valence-electron chi connectivity index (χ3n) is 3.67. The van der Waals surface area contributed by atoms with Crippen LogP contribution in [0.25, 0.3) is 11.3 Å². The van der Waals surface area contributed by atoms with Gasteiger partial charge in [-0.15, -0.1) is 0 Å². The first-order valence-electron chi connectivity index (χ1n) is 6.87. The number of hydrogen-bond acceptors (Lipinski definition) is 4. The average molecular weight is 321 g/mol. The summed E-state index contributed by atoms with van der Waals surface area (Å²) in [7, 11) is -3.67. The van der Waals surface area contributed by atoms with Gasteiger partial charge in [-0.25, -0.2) is 13.2 Å². The van der Waals surface area contributed by atoms with Crippen LogP contribution in [0, 0.1) is 0 Å². The van der Waals surface area contributed by atoms with Gasteiger partial charge in [-0.1, -0.05) is 0 Å². The van der Waals surface area contributed by atoms with Crippen LogP contribution < -0.4 is 0 Å². The van der Waals surface area contributed by atoms with Crippen LogP contribution in [0.2, 0.25) is 0 Å². The zero-order valence-electron chi connectivity index (χ0n) is 11.7. The predicted octanol–water partition coefficient (Wildman–Crippen LogP) is 1.56. The fourth-order valence-corrected chi connectivity index (χ4v) is 4.11. The summed E-state index contributed by atoms with van der Waals surface area (Å²) in [5.41, 5.74) is 0.987. The quantitative estimate of drug-likeness (QED) is 0.889. The minimum absolute atomic E-state index is 0.00102. The third kappa shape index (κ3) is 2.62. The van der Waals surface area contributed by atoms with Crippen molar-refractivity contribution < 1.29 is 18.3 Å². The number of hydrogen-bond donors (Lipinski definition) is 2. The lowest BCUT2D eigenvalue weighted by Crippen LogP contribution is -2.28. The number of nitrogens with one attached hydrogen (secondary N) is 1. The number of sulfonamides is 1. The molecule has 8 heteroatoms. The van der Waals surface area contributed by atoms with Crippen molar-refractivity contribution in [1.82, 2.24) is 14.5 Å². The number of aromatic nitrogens is 2. The maximum absolute atomic E-state index is 12.6.